The molecule has 0 unspecified atom stereocenters. The minimum Gasteiger partial charge on any atom is -0.271 e. The highest BCUT2D eigenvalue weighted by molar-refractivity contribution is 9.10. The number of nitrogens with zero attached hydrogens (tertiary/aromatic N) is 2. The van der Waals surface area contributed by atoms with E-state index in [1.165, 1.54) is 0 Å². The monoisotopic (exact) mass is 459 g/mol. The molecule has 6 nitrogen and oxygen atoms in total. The first-order valence-electron chi connectivity index (χ1n) is 8.37. The van der Waals surface area contributed by atoms with Crippen LogP contribution in [0.15, 0.2) is 76.3 Å². The van der Waals surface area contributed by atoms with Crippen molar-refractivity contribution in [2.45, 2.75) is 0 Å². The van der Waals surface area contributed by atoms with Crippen LogP contribution in [0, 0.1) is 0 Å². The standard InChI is InChI=1S/C20H18BrN3O3S/c1-28(26,27)24(18-10-5-9-17(21)12-18)14-20(25)23-22-13-16-8-4-7-15-6-2-3-11-19(15)16/h2-13H,14H2,1H3,(H,23,25)/b22-13-. The van der Waals surface area contributed by atoms with Crippen LogP contribution in [-0.4, -0.2) is 33.3 Å². The van der Waals surface area contributed by atoms with Gasteiger partial charge in [-0.05, 0) is 29.0 Å². The van der Waals surface area contributed by atoms with Crippen molar-refractivity contribution < 1.29 is 13.2 Å². The summed E-state index contributed by atoms with van der Waals surface area (Å²) in [7, 11) is -3.64. The third-order valence-corrected chi connectivity index (χ3v) is 5.63. The summed E-state index contributed by atoms with van der Waals surface area (Å²) >= 11 is 3.31. The molecule has 0 saturated carbocycles. The summed E-state index contributed by atoms with van der Waals surface area (Å²) in [5.41, 5.74) is 3.64. The van der Waals surface area contributed by atoms with Crippen molar-refractivity contribution in [3.05, 3.63) is 76.8 Å². The molecule has 0 fully saturated rings. The minimum atomic E-state index is -3.64. The lowest BCUT2D eigenvalue weighted by molar-refractivity contribution is -0.119. The maximum Gasteiger partial charge on any atom is 0.260 e. The Kier molecular flexibility index (Phi) is 6.11. The number of sulfonamides is 1. The van der Waals surface area contributed by atoms with Gasteiger partial charge in [0.2, 0.25) is 10.0 Å². The lowest BCUT2D eigenvalue weighted by Crippen LogP contribution is -2.39. The molecule has 0 aliphatic heterocycles. The zero-order valence-electron chi connectivity index (χ0n) is 15.0. The van der Waals surface area contributed by atoms with Crippen molar-refractivity contribution in [1.29, 1.82) is 0 Å². The molecular weight excluding hydrogens is 442 g/mol. The number of fused-ring (bicyclic) bond motifs is 1. The molecule has 3 rings (SSSR count). The SMILES string of the molecule is CS(=O)(=O)N(CC(=O)N/N=C\c1cccc2ccccc12)c1cccc(Br)c1. The van der Waals surface area contributed by atoms with Gasteiger partial charge in [0, 0.05) is 10.0 Å². The van der Waals surface area contributed by atoms with Crippen molar-refractivity contribution in [1.82, 2.24) is 5.43 Å². The fraction of sp³-hybridized carbons (Fsp3) is 0.100. The van der Waals surface area contributed by atoms with Crippen LogP contribution in [0.5, 0.6) is 0 Å². The average molecular weight is 460 g/mol. The maximum atomic E-state index is 12.3. The number of hydrazone groups is 1. The highest BCUT2D eigenvalue weighted by Gasteiger charge is 2.20. The Bertz CT molecular complexity index is 1140. The highest BCUT2D eigenvalue weighted by atomic mass is 79.9. The molecular formula is C20H18BrN3O3S. The first-order chi connectivity index (χ1) is 13.3. The van der Waals surface area contributed by atoms with E-state index >= 15 is 0 Å². The van der Waals surface area contributed by atoms with Crippen LogP contribution in [0.1, 0.15) is 5.56 Å². The molecule has 144 valence electrons. The van der Waals surface area contributed by atoms with E-state index in [1.54, 1.807) is 30.5 Å². The molecule has 0 heterocycles. The summed E-state index contributed by atoms with van der Waals surface area (Å²) in [5, 5.41) is 6.06. The summed E-state index contributed by atoms with van der Waals surface area (Å²) in [5.74, 6) is -0.540. The zero-order valence-corrected chi connectivity index (χ0v) is 17.4. The molecule has 3 aromatic carbocycles. The third kappa shape index (κ3) is 4.96. The fourth-order valence-corrected chi connectivity index (χ4v) is 3.97. The number of hydrogen-bond donors (Lipinski definition) is 1. The van der Waals surface area contributed by atoms with Gasteiger partial charge in [0.05, 0.1) is 18.2 Å². The first kappa shape index (κ1) is 20.0. The summed E-state index contributed by atoms with van der Waals surface area (Å²) in [6.45, 7) is -0.373. The van der Waals surface area contributed by atoms with E-state index in [4.69, 9.17) is 0 Å². The Morgan fingerprint density at radius 3 is 2.57 bits per heavy atom. The lowest BCUT2D eigenvalue weighted by atomic mass is 10.1. The number of nitrogens with one attached hydrogen (secondary N) is 1. The van der Waals surface area contributed by atoms with Crippen LogP contribution < -0.4 is 9.73 Å². The van der Waals surface area contributed by atoms with Gasteiger partial charge in [0.15, 0.2) is 0 Å². The number of halogens is 1. The van der Waals surface area contributed by atoms with Crippen LogP contribution in [0.3, 0.4) is 0 Å². The average Bonchev–Trinajstić information content (AvgIpc) is 2.65. The van der Waals surface area contributed by atoms with Crippen LogP contribution in [-0.2, 0) is 14.8 Å². The van der Waals surface area contributed by atoms with Gasteiger partial charge in [-0.1, -0.05) is 64.5 Å². The Hall–Kier alpha value is -2.71. The van der Waals surface area contributed by atoms with E-state index in [-0.39, 0.29) is 6.54 Å². The van der Waals surface area contributed by atoms with Gasteiger partial charge in [-0.2, -0.15) is 5.10 Å². The number of anilines is 1. The highest BCUT2D eigenvalue weighted by Crippen LogP contribution is 2.22. The van der Waals surface area contributed by atoms with Crippen molar-refractivity contribution in [2.24, 2.45) is 5.10 Å². The van der Waals surface area contributed by atoms with Crippen molar-refractivity contribution >= 4 is 54.5 Å². The zero-order chi connectivity index (χ0) is 20.1. The quantitative estimate of drug-likeness (QED) is 0.452. The Labute approximate surface area is 172 Å². The largest absolute Gasteiger partial charge is 0.271 e. The van der Waals surface area contributed by atoms with Gasteiger partial charge in [-0.15, -0.1) is 0 Å². The molecule has 28 heavy (non-hydrogen) atoms. The Morgan fingerprint density at radius 1 is 1.11 bits per heavy atom. The number of carbonyl (C=O) groups is 1. The summed E-state index contributed by atoms with van der Waals surface area (Å²) in [6, 6.07) is 20.4. The smallest absolute Gasteiger partial charge is 0.260 e. The topological polar surface area (TPSA) is 78.8 Å². The number of hydrogen-bond acceptors (Lipinski definition) is 4. The Balaban J connectivity index is 1.74. The molecule has 0 saturated heterocycles. The van der Waals surface area contributed by atoms with Gasteiger partial charge in [-0.25, -0.2) is 13.8 Å². The number of rotatable bonds is 6. The molecule has 0 spiro atoms. The van der Waals surface area contributed by atoms with Crippen molar-refractivity contribution in [2.75, 3.05) is 17.1 Å². The second kappa shape index (κ2) is 8.53. The van der Waals surface area contributed by atoms with E-state index in [2.05, 4.69) is 26.5 Å². The van der Waals surface area contributed by atoms with E-state index in [0.717, 1.165) is 26.9 Å². The molecule has 8 heteroatoms. The molecule has 3 aromatic rings. The number of amides is 1. The summed E-state index contributed by atoms with van der Waals surface area (Å²) < 4.78 is 26.0. The molecule has 0 atom stereocenters. The van der Waals surface area contributed by atoms with Gasteiger partial charge in [0.1, 0.15) is 6.54 Å². The number of benzene rings is 3. The molecule has 0 aromatic heterocycles. The molecule has 0 bridgehead atoms. The minimum absolute atomic E-state index is 0.373. The summed E-state index contributed by atoms with van der Waals surface area (Å²) in [6.07, 6.45) is 2.60. The van der Waals surface area contributed by atoms with Crippen molar-refractivity contribution in [3.63, 3.8) is 0 Å². The van der Waals surface area contributed by atoms with Crippen LogP contribution in [0.2, 0.25) is 0 Å². The lowest BCUT2D eigenvalue weighted by Gasteiger charge is -2.21. The second-order valence-electron chi connectivity index (χ2n) is 6.11. The molecule has 0 aliphatic carbocycles. The van der Waals surface area contributed by atoms with E-state index in [0.29, 0.717) is 10.2 Å². The van der Waals surface area contributed by atoms with E-state index < -0.39 is 15.9 Å². The second-order valence-corrected chi connectivity index (χ2v) is 8.93. The predicted molar refractivity (Wildman–Crippen MR) is 116 cm³/mol. The van der Waals surface area contributed by atoms with Crippen LogP contribution in [0.25, 0.3) is 10.8 Å². The normalized spacial score (nSPS) is 11.6. The molecule has 1 amide bonds. The van der Waals surface area contributed by atoms with Crippen LogP contribution >= 0.6 is 15.9 Å². The Morgan fingerprint density at radius 2 is 1.82 bits per heavy atom. The van der Waals surface area contributed by atoms with E-state index in [9.17, 15) is 13.2 Å². The molecule has 0 aliphatic rings. The van der Waals surface area contributed by atoms with Crippen LogP contribution in [0.4, 0.5) is 5.69 Å². The summed E-state index contributed by atoms with van der Waals surface area (Å²) in [4.78, 5) is 12.3. The fourth-order valence-electron chi connectivity index (χ4n) is 2.73. The van der Waals surface area contributed by atoms with Gasteiger partial charge in [0.25, 0.3) is 5.91 Å². The molecule has 0 radical (unpaired) electrons. The van der Waals surface area contributed by atoms with Gasteiger partial charge < -0.3 is 0 Å². The predicted octanol–water partition coefficient (Wildman–Crippen LogP) is 3.52. The first-order valence-corrected chi connectivity index (χ1v) is 11.0. The number of carbonyl (C=O) groups excluding carboxylic acids is 1. The molecule has 1 N–H and O–H groups in total. The van der Waals surface area contributed by atoms with E-state index in [1.807, 2.05) is 42.5 Å². The van der Waals surface area contributed by atoms with Gasteiger partial charge in [-0.3, -0.25) is 9.10 Å². The van der Waals surface area contributed by atoms with Gasteiger partial charge >= 0.3 is 0 Å². The maximum absolute atomic E-state index is 12.3. The van der Waals surface area contributed by atoms with Crippen molar-refractivity contribution in [3.8, 4) is 0 Å². The third-order valence-electron chi connectivity index (χ3n) is 4.00.